The number of aryl methyl sites for hydroxylation is 1. The zero-order chi connectivity index (χ0) is 30.1. The average molecular weight is 588 g/mol. The van der Waals surface area contributed by atoms with Crippen LogP contribution in [0.4, 0.5) is 37.5 Å². The lowest BCUT2D eigenvalue weighted by Gasteiger charge is -2.18. The second-order valence-electron chi connectivity index (χ2n) is 10.0. The van der Waals surface area contributed by atoms with E-state index in [9.17, 15) is 8.78 Å². The number of hydrogen-bond acceptors (Lipinski definition) is 11. The molecule has 0 aliphatic carbocycles. The van der Waals surface area contributed by atoms with Crippen molar-refractivity contribution in [2.75, 3.05) is 37.5 Å². The molecule has 1 aromatic carbocycles. The number of nitrogens with zero attached hydrogens (tertiary/aromatic N) is 10. The number of aromatic nitrogens is 7. The van der Waals surface area contributed by atoms with E-state index in [4.69, 9.17) is 16.0 Å². The second kappa shape index (κ2) is 11.6. The Bertz CT molecular complexity index is 1750. The molecule has 0 amide bonds. The summed E-state index contributed by atoms with van der Waals surface area (Å²) in [5.41, 5.74) is 3.18. The number of benzene rings is 1. The fourth-order valence-corrected chi connectivity index (χ4v) is 5.22. The molecule has 15 heteroatoms. The van der Waals surface area contributed by atoms with Gasteiger partial charge in [-0.2, -0.15) is 4.80 Å². The van der Waals surface area contributed by atoms with E-state index in [1.54, 1.807) is 44.6 Å². The lowest BCUT2D eigenvalue weighted by Crippen LogP contribution is -2.23. The fraction of sp³-hybridized carbons (Fsp3) is 0.357. The number of para-hydroxylation sites is 1. The topological polar surface area (TPSA) is 133 Å². The number of nitrogens with one attached hydrogen (secondary N) is 1. The van der Waals surface area contributed by atoms with Crippen molar-refractivity contribution in [3.63, 3.8) is 0 Å². The first kappa shape index (κ1) is 28.0. The summed E-state index contributed by atoms with van der Waals surface area (Å²) in [7, 11) is 4.85. The Hall–Kier alpha value is -5.10. The standard InChI is InChI=1S/C28H27F2N11O2/c1-31-27-28(41-9-8-17(14-41)42-3)32-13-16(34-27)10-15-11-20(23-21(33-15)12-22(36-23)25(29)30)35-19-7-5-6-18(24(19)43-4)26-37-39-40(2)38-26/h5-7,11,13,17,25H,8-10,12,14H2,2-4H3,(H,33,35)/t17-/m1/s1. The van der Waals surface area contributed by atoms with E-state index in [1.165, 1.54) is 11.9 Å². The summed E-state index contributed by atoms with van der Waals surface area (Å²) in [5.74, 6) is 1.52. The maximum Gasteiger partial charge on any atom is 0.312 e. The SMILES string of the molecule is [C-]#[N+]c1nc(Cc2cc(Nc3cccc(-c4nnn(C)n4)c3OC)c3c(n2)CC(C(F)F)=N3)cnc1N1CC[C@@H](OC)C1. The van der Waals surface area contributed by atoms with Crippen LogP contribution in [0.2, 0.25) is 0 Å². The van der Waals surface area contributed by atoms with Crippen LogP contribution in [0, 0.1) is 6.57 Å². The first-order valence-corrected chi connectivity index (χ1v) is 13.4. The molecule has 0 bridgehead atoms. The Morgan fingerprint density at radius 2 is 2.05 bits per heavy atom. The third-order valence-electron chi connectivity index (χ3n) is 7.24. The van der Waals surface area contributed by atoms with E-state index in [2.05, 4.69) is 45.5 Å². The summed E-state index contributed by atoms with van der Waals surface area (Å²) in [6.07, 6.45) is -0.0227. The molecule has 220 valence electrons. The summed E-state index contributed by atoms with van der Waals surface area (Å²) in [6, 6.07) is 7.12. The number of aliphatic imine (C=N–C) groups is 1. The first-order valence-electron chi connectivity index (χ1n) is 13.4. The molecule has 43 heavy (non-hydrogen) atoms. The zero-order valence-corrected chi connectivity index (χ0v) is 23.6. The van der Waals surface area contributed by atoms with Gasteiger partial charge in [-0.05, 0) is 29.8 Å². The number of anilines is 3. The van der Waals surface area contributed by atoms with Crippen LogP contribution in [0.5, 0.6) is 5.75 Å². The number of alkyl halides is 2. The fourth-order valence-electron chi connectivity index (χ4n) is 5.22. The highest BCUT2D eigenvalue weighted by atomic mass is 19.3. The van der Waals surface area contributed by atoms with Crippen LogP contribution in [0.3, 0.4) is 0 Å². The third kappa shape index (κ3) is 5.56. The molecule has 5 heterocycles. The first-order chi connectivity index (χ1) is 20.9. The van der Waals surface area contributed by atoms with Gasteiger partial charge in [0, 0.05) is 26.6 Å². The summed E-state index contributed by atoms with van der Waals surface area (Å²) in [4.78, 5) is 24.9. The van der Waals surface area contributed by atoms with Gasteiger partial charge >= 0.3 is 5.82 Å². The number of tetrazole rings is 1. The van der Waals surface area contributed by atoms with Gasteiger partial charge in [-0.25, -0.2) is 18.8 Å². The molecule has 13 nitrogen and oxygen atoms in total. The van der Waals surface area contributed by atoms with E-state index in [1.807, 2.05) is 4.90 Å². The van der Waals surface area contributed by atoms with Crippen LogP contribution < -0.4 is 15.0 Å². The molecule has 3 aromatic heterocycles. The molecule has 0 spiro atoms. The zero-order valence-electron chi connectivity index (χ0n) is 23.6. The van der Waals surface area contributed by atoms with Crippen LogP contribution in [-0.4, -0.2) is 80.7 Å². The molecule has 2 aliphatic rings. The minimum atomic E-state index is -2.71. The van der Waals surface area contributed by atoms with Crippen LogP contribution in [0.1, 0.15) is 23.5 Å². The number of pyridine rings is 1. The number of hydrogen-bond donors (Lipinski definition) is 1. The maximum atomic E-state index is 13.7. The number of halogens is 2. The van der Waals surface area contributed by atoms with Crippen molar-refractivity contribution in [1.82, 2.24) is 35.2 Å². The Morgan fingerprint density at radius 3 is 2.74 bits per heavy atom. The van der Waals surface area contributed by atoms with Gasteiger partial charge in [0.1, 0.15) is 5.69 Å². The monoisotopic (exact) mass is 587 g/mol. The Labute approximate surface area is 245 Å². The number of ether oxygens (including phenoxy) is 2. The predicted octanol–water partition coefficient (Wildman–Crippen LogP) is 4.07. The van der Waals surface area contributed by atoms with Crippen molar-refractivity contribution in [3.05, 3.63) is 59.0 Å². The highest BCUT2D eigenvalue weighted by Crippen LogP contribution is 2.41. The summed E-state index contributed by atoms with van der Waals surface area (Å²) >= 11 is 0. The molecule has 6 rings (SSSR count). The Balaban J connectivity index is 1.34. The summed E-state index contributed by atoms with van der Waals surface area (Å²) < 4.78 is 38.5. The van der Waals surface area contributed by atoms with Crippen molar-refractivity contribution in [1.29, 1.82) is 0 Å². The lowest BCUT2D eigenvalue weighted by atomic mass is 10.1. The second-order valence-corrected chi connectivity index (χ2v) is 10.0. The van der Waals surface area contributed by atoms with Gasteiger partial charge in [0.15, 0.2) is 17.3 Å². The van der Waals surface area contributed by atoms with Crippen LogP contribution in [0.25, 0.3) is 16.2 Å². The molecule has 1 fully saturated rings. The molecule has 2 aliphatic heterocycles. The Kier molecular flexibility index (Phi) is 7.59. The van der Waals surface area contributed by atoms with Gasteiger partial charge in [-0.3, -0.25) is 4.98 Å². The smallest absolute Gasteiger partial charge is 0.312 e. The molecule has 0 radical (unpaired) electrons. The molecular formula is C28H27F2N11O2. The van der Waals surface area contributed by atoms with Crippen molar-refractivity contribution < 1.29 is 18.3 Å². The average Bonchev–Trinajstić information content (AvgIpc) is 3.77. The number of methoxy groups -OCH3 is 2. The van der Waals surface area contributed by atoms with Crippen molar-refractivity contribution in [2.45, 2.75) is 31.8 Å². The highest BCUT2D eigenvalue weighted by molar-refractivity contribution is 5.98. The molecule has 1 N–H and O–H groups in total. The van der Waals surface area contributed by atoms with E-state index >= 15 is 0 Å². The Morgan fingerprint density at radius 1 is 1.19 bits per heavy atom. The molecule has 0 unspecified atom stereocenters. The quantitative estimate of drug-likeness (QED) is 0.286. The molecule has 1 saturated heterocycles. The maximum absolute atomic E-state index is 13.7. The van der Waals surface area contributed by atoms with E-state index in [0.717, 1.165) is 13.0 Å². The summed E-state index contributed by atoms with van der Waals surface area (Å²) in [5, 5.41) is 15.5. The molecule has 4 aromatic rings. The van der Waals surface area contributed by atoms with E-state index < -0.39 is 6.43 Å². The van der Waals surface area contributed by atoms with Gasteiger partial charge in [0.2, 0.25) is 5.82 Å². The minimum Gasteiger partial charge on any atom is -0.494 e. The van der Waals surface area contributed by atoms with Crippen molar-refractivity contribution in [2.24, 2.45) is 12.0 Å². The lowest BCUT2D eigenvalue weighted by molar-refractivity contribution is 0.121. The van der Waals surface area contributed by atoms with E-state index in [-0.39, 0.29) is 30.5 Å². The molecule has 0 saturated carbocycles. The van der Waals surface area contributed by atoms with Crippen LogP contribution >= 0.6 is 0 Å². The summed E-state index contributed by atoms with van der Waals surface area (Å²) in [6.45, 7) is 9.05. The van der Waals surface area contributed by atoms with Gasteiger partial charge in [-0.1, -0.05) is 12.6 Å². The van der Waals surface area contributed by atoms with Gasteiger partial charge in [-0.15, -0.1) is 15.2 Å². The number of fused-ring (bicyclic) bond motifs is 1. The van der Waals surface area contributed by atoms with Crippen molar-refractivity contribution in [3.8, 4) is 17.1 Å². The highest BCUT2D eigenvalue weighted by Gasteiger charge is 2.28. The normalized spacial score (nSPS) is 15.9. The largest absolute Gasteiger partial charge is 0.494 e. The van der Waals surface area contributed by atoms with Crippen LogP contribution in [0.15, 0.2) is 35.5 Å². The van der Waals surface area contributed by atoms with Gasteiger partial charge in [0.25, 0.3) is 6.43 Å². The third-order valence-corrected chi connectivity index (χ3v) is 7.24. The van der Waals surface area contributed by atoms with E-state index in [0.29, 0.717) is 63.6 Å². The minimum absolute atomic E-state index is 0.0796. The van der Waals surface area contributed by atoms with Crippen LogP contribution in [-0.2, 0) is 24.6 Å². The van der Waals surface area contributed by atoms with Crippen molar-refractivity contribution >= 4 is 34.4 Å². The predicted molar refractivity (Wildman–Crippen MR) is 154 cm³/mol. The van der Waals surface area contributed by atoms with Gasteiger partial charge in [0.05, 0.1) is 66.9 Å². The molecule has 1 atom stereocenters. The van der Waals surface area contributed by atoms with Gasteiger partial charge < -0.3 is 24.5 Å². The molecular weight excluding hydrogens is 560 g/mol. The number of rotatable bonds is 9.